The van der Waals surface area contributed by atoms with Crippen molar-refractivity contribution in [2.24, 2.45) is 0 Å². The van der Waals surface area contributed by atoms with Crippen LogP contribution >= 0.6 is 23.1 Å². The summed E-state index contributed by atoms with van der Waals surface area (Å²) in [5.41, 5.74) is 1.74. The first-order valence-electron chi connectivity index (χ1n) is 4.52. The van der Waals surface area contributed by atoms with Crippen molar-refractivity contribution in [1.29, 1.82) is 0 Å². The molecule has 0 amide bonds. The Bertz CT molecular complexity index is 378. The van der Waals surface area contributed by atoms with E-state index in [9.17, 15) is 0 Å². The minimum Gasteiger partial charge on any atom is -0.493 e. The molecule has 5 heteroatoms. The van der Waals surface area contributed by atoms with Crippen molar-refractivity contribution >= 4 is 23.1 Å². The van der Waals surface area contributed by atoms with Crippen LogP contribution in [0.1, 0.15) is 0 Å². The van der Waals surface area contributed by atoms with Crippen LogP contribution < -0.4 is 4.74 Å². The first-order chi connectivity index (χ1) is 7.45. The van der Waals surface area contributed by atoms with Gasteiger partial charge in [-0.25, -0.2) is 0 Å². The summed E-state index contributed by atoms with van der Waals surface area (Å²) in [5, 5.41) is 7.70. The second-order valence-electron chi connectivity index (χ2n) is 2.71. The molecular weight excluding hydrogens is 228 g/mol. The summed E-state index contributed by atoms with van der Waals surface area (Å²) >= 11 is 3.22. The van der Waals surface area contributed by atoms with Crippen molar-refractivity contribution in [3.05, 3.63) is 35.8 Å². The zero-order valence-electron chi connectivity index (χ0n) is 8.00. The molecule has 0 radical (unpaired) electrons. The van der Waals surface area contributed by atoms with E-state index in [2.05, 4.69) is 10.2 Å². The predicted molar refractivity (Wildman–Crippen MR) is 62.6 cm³/mol. The van der Waals surface area contributed by atoms with Crippen molar-refractivity contribution in [2.45, 2.75) is 4.34 Å². The average Bonchev–Trinajstić information content (AvgIpc) is 2.79. The number of hydrogen-bond donors (Lipinski definition) is 0. The maximum atomic E-state index is 5.54. The number of benzene rings is 1. The Morgan fingerprint density at radius 3 is 2.87 bits per heavy atom. The number of thioether (sulfide) groups is 1. The molecule has 1 aromatic heterocycles. The van der Waals surface area contributed by atoms with Crippen LogP contribution in [0, 0.1) is 0 Å². The second-order valence-corrected chi connectivity index (χ2v) is 4.89. The third-order valence-corrected chi connectivity index (χ3v) is 3.49. The lowest BCUT2D eigenvalue weighted by Crippen LogP contribution is -1.99. The van der Waals surface area contributed by atoms with Crippen molar-refractivity contribution in [3.63, 3.8) is 0 Å². The molecule has 0 aliphatic carbocycles. The van der Waals surface area contributed by atoms with Gasteiger partial charge in [-0.15, -0.1) is 10.2 Å². The summed E-state index contributed by atoms with van der Waals surface area (Å²) in [5.74, 6) is 1.81. The zero-order chi connectivity index (χ0) is 10.3. The summed E-state index contributed by atoms with van der Waals surface area (Å²) in [6.45, 7) is 0.689. The molecule has 1 heterocycles. The summed E-state index contributed by atoms with van der Waals surface area (Å²) in [7, 11) is 0. The van der Waals surface area contributed by atoms with Gasteiger partial charge in [-0.05, 0) is 12.1 Å². The lowest BCUT2D eigenvalue weighted by atomic mass is 10.3. The molecule has 2 rings (SSSR count). The second kappa shape index (κ2) is 5.72. The molecule has 0 fully saturated rings. The van der Waals surface area contributed by atoms with Gasteiger partial charge in [0.2, 0.25) is 0 Å². The molecule has 0 aliphatic heterocycles. The van der Waals surface area contributed by atoms with E-state index in [1.165, 1.54) is 0 Å². The summed E-state index contributed by atoms with van der Waals surface area (Å²) in [6, 6.07) is 9.81. The normalized spacial score (nSPS) is 10.1. The van der Waals surface area contributed by atoms with E-state index in [1.807, 2.05) is 30.3 Å². The predicted octanol–water partition coefficient (Wildman–Crippen LogP) is 2.71. The molecule has 0 saturated carbocycles. The third-order valence-electron chi connectivity index (χ3n) is 1.66. The molecule has 0 bridgehead atoms. The number of aromatic nitrogens is 2. The van der Waals surface area contributed by atoms with Gasteiger partial charge >= 0.3 is 0 Å². The lowest BCUT2D eigenvalue weighted by molar-refractivity contribution is 0.344. The Morgan fingerprint density at radius 1 is 1.27 bits per heavy atom. The zero-order valence-corrected chi connectivity index (χ0v) is 9.63. The molecule has 1 aromatic carbocycles. The van der Waals surface area contributed by atoms with Crippen LogP contribution in [0.25, 0.3) is 0 Å². The molecule has 0 N–H and O–H groups in total. The standard InChI is InChI=1S/C10H10N2OS2/c1-2-4-9(5-3-1)13-6-7-14-10-12-11-8-15-10/h1-5,8H,6-7H2. The molecule has 3 nitrogen and oxygen atoms in total. The Kier molecular flexibility index (Phi) is 3.99. The highest BCUT2D eigenvalue weighted by atomic mass is 32.2. The van der Waals surface area contributed by atoms with Crippen LogP contribution in [-0.4, -0.2) is 22.6 Å². The lowest BCUT2D eigenvalue weighted by Gasteiger charge is -2.03. The van der Waals surface area contributed by atoms with E-state index in [4.69, 9.17) is 4.74 Å². The van der Waals surface area contributed by atoms with E-state index in [1.54, 1.807) is 28.6 Å². The van der Waals surface area contributed by atoms with Crippen LogP contribution in [0.5, 0.6) is 5.75 Å². The fourth-order valence-corrected chi connectivity index (χ4v) is 2.41. The van der Waals surface area contributed by atoms with Gasteiger partial charge in [0, 0.05) is 5.75 Å². The van der Waals surface area contributed by atoms with Gasteiger partial charge in [-0.2, -0.15) is 0 Å². The van der Waals surface area contributed by atoms with E-state index < -0.39 is 0 Å². The summed E-state index contributed by atoms with van der Waals surface area (Å²) < 4.78 is 6.53. The molecule has 0 spiro atoms. The molecule has 0 aliphatic rings. The number of rotatable bonds is 5. The fraction of sp³-hybridized carbons (Fsp3) is 0.200. The highest BCUT2D eigenvalue weighted by Crippen LogP contribution is 2.18. The quantitative estimate of drug-likeness (QED) is 0.592. The first-order valence-corrected chi connectivity index (χ1v) is 6.38. The van der Waals surface area contributed by atoms with Crippen LogP contribution in [0.2, 0.25) is 0 Å². The van der Waals surface area contributed by atoms with E-state index in [-0.39, 0.29) is 0 Å². The van der Waals surface area contributed by atoms with Gasteiger partial charge in [0.15, 0.2) is 4.34 Å². The summed E-state index contributed by atoms with van der Waals surface area (Å²) in [4.78, 5) is 0. The smallest absolute Gasteiger partial charge is 0.174 e. The highest BCUT2D eigenvalue weighted by Gasteiger charge is 1.97. The fourth-order valence-electron chi connectivity index (χ4n) is 1.03. The van der Waals surface area contributed by atoms with Crippen LogP contribution in [-0.2, 0) is 0 Å². The largest absolute Gasteiger partial charge is 0.493 e. The first kappa shape index (κ1) is 10.4. The third kappa shape index (κ3) is 3.53. The Morgan fingerprint density at radius 2 is 2.13 bits per heavy atom. The Labute approximate surface area is 96.5 Å². The highest BCUT2D eigenvalue weighted by molar-refractivity contribution is 8.01. The molecule has 0 saturated heterocycles. The van der Waals surface area contributed by atoms with Crippen molar-refractivity contribution in [3.8, 4) is 5.75 Å². The SMILES string of the molecule is c1ccc(OCCSc2nncs2)cc1. The maximum absolute atomic E-state index is 5.54. The molecule has 0 atom stereocenters. The van der Waals surface area contributed by atoms with Crippen LogP contribution in [0.15, 0.2) is 40.2 Å². The van der Waals surface area contributed by atoms with Gasteiger partial charge < -0.3 is 4.74 Å². The van der Waals surface area contributed by atoms with Crippen molar-refractivity contribution in [1.82, 2.24) is 10.2 Å². The van der Waals surface area contributed by atoms with E-state index in [0.717, 1.165) is 15.8 Å². The van der Waals surface area contributed by atoms with Crippen molar-refractivity contribution in [2.75, 3.05) is 12.4 Å². The van der Waals surface area contributed by atoms with E-state index in [0.29, 0.717) is 6.61 Å². The monoisotopic (exact) mass is 238 g/mol. The molecule has 0 unspecified atom stereocenters. The van der Waals surface area contributed by atoms with Crippen LogP contribution in [0.3, 0.4) is 0 Å². The van der Waals surface area contributed by atoms with Gasteiger partial charge in [0.1, 0.15) is 11.3 Å². The van der Waals surface area contributed by atoms with Gasteiger partial charge in [0.05, 0.1) is 6.61 Å². The molecule has 2 aromatic rings. The van der Waals surface area contributed by atoms with Gasteiger partial charge in [-0.1, -0.05) is 41.3 Å². The van der Waals surface area contributed by atoms with Gasteiger partial charge in [-0.3, -0.25) is 0 Å². The average molecular weight is 238 g/mol. The van der Waals surface area contributed by atoms with E-state index >= 15 is 0 Å². The minimum atomic E-state index is 0.689. The number of para-hydroxylation sites is 1. The van der Waals surface area contributed by atoms with Crippen molar-refractivity contribution < 1.29 is 4.74 Å². The minimum absolute atomic E-state index is 0.689. The van der Waals surface area contributed by atoms with Gasteiger partial charge in [0.25, 0.3) is 0 Å². The maximum Gasteiger partial charge on any atom is 0.174 e. The molecule has 15 heavy (non-hydrogen) atoms. The molecular formula is C10H10N2OS2. The molecule has 78 valence electrons. The number of nitrogens with zero attached hydrogens (tertiary/aromatic N) is 2. The Balaban J connectivity index is 1.68. The topological polar surface area (TPSA) is 35.0 Å². The van der Waals surface area contributed by atoms with Crippen LogP contribution in [0.4, 0.5) is 0 Å². The number of hydrogen-bond acceptors (Lipinski definition) is 5. The summed E-state index contributed by atoms with van der Waals surface area (Å²) in [6.07, 6.45) is 0. The Hall–Kier alpha value is -1.07. The number of ether oxygens (including phenoxy) is 1.